The summed E-state index contributed by atoms with van der Waals surface area (Å²) in [6.45, 7) is 5.63. The first kappa shape index (κ1) is 11.3. The van der Waals surface area contributed by atoms with Crippen molar-refractivity contribution in [3.63, 3.8) is 0 Å². The molecule has 1 rings (SSSR count). The van der Waals surface area contributed by atoms with Gasteiger partial charge in [0, 0.05) is 6.92 Å². The Bertz CT molecular complexity index is 140. The van der Waals surface area contributed by atoms with Crippen molar-refractivity contribution in [3.8, 4) is 0 Å². The van der Waals surface area contributed by atoms with Crippen molar-refractivity contribution in [2.24, 2.45) is 0 Å². The Labute approximate surface area is 84.7 Å². The average Bonchev–Trinajstić information content (AvgIpc) is 2.13. The van der Waals surface area contributed by atoms with Gasteiger partial charge in [-0.05, 0) is 7.05 Å². The maximum absolute atomic E-state index is 10.7. The fourth-order valence-electron chi connectivity index (χ4n) is 1.39. The lowest BCUT2D eigenvalue weighted by Gasteiger charge is -2.09. The van der Waals surface area contributed by atoms with Gasteiger partial charge in [0.15, 0.2) is 5.78 Å². The molecule has 0 spiro atoms. The molecule has 0 bridgehead atoms. The van der Waals surface area contributed by atoms with Crippen LogP contribution in [0.2, 0.25) is 0 Å². The number of nitrogens with one attached hydrogen (secondary N) is 1. The molecule has 1 heterocycles. The molecule has 0 saturated carbocycles. The van der Waals surface area contributed by atoms with Crippen LogP contribution in [-0.2, 0) is 4.79 Å². The summed E-state index contributed by atoms with van der Waals surface area (Å²) in [5.74, 6) is 0.297. The van der Waals surface area contributed by atoms with E-state index in [0.29, 0.717) is 12.3 Å². The van der Waals surface area contributed by atoms with Gasteiger partial charge in [-0.1, -0.05) is 0 Å². The second kappa shape index (κ2) is 5.05. The lowest BCUT2D eigenvalue weighted by atomic mass is 10.4. The molecule has 1 aliphatic heterocycles. The summed E-state index contributed by atoms with van der Waals surface area (Å²) in [5.41, 5.74) is 0. The normalized spacial score (nSPS) is 24.7. The van der Waals surface area contributed by atoms with E-state index in [4.69, 9.17) is 0 Å². The van der Waals surface area contributed by atoms with Gasteiger partial charge in [-0.15, -0.1) is 0 Å². The lowest BCUT2D eigenvalue weighted by Crippen LogP contribution is -3.11. The summed E-state index contributed by atoms with van der Waals surface area (Å²) >= 11 is 0. The summed E-state index contributed by atoms with van der Waals surface area (Å²) in [7, 11) is 2.09. The van der Waals surface area contributed by atoms with Gasteiger partial charge in [-0.3, -0.25) is 9.69 Å². The van der Waals surface area contributed by atoms with E-state index in [1.54, 1.807) is 6.92 Å². The molecule has 0 aromatic heterocycles. The highest BCUT2D eigenvalue weighted by atomic mass is 127. The van der Waals surface area contributed by atoms with Crippen LogP contribution in [-0.4, -0.2) is 44.0 Å². The summed E-state index contributed by atoms with van der Waals surface area (Å²) < 4.78 is 0. The predicted octanol–water partition coefficient (Wildman–Crippen LogP) is -4.63. The highest BCUT2D eigenvalue weighted by Crippen LogP contribution is 1.79. The van der Waals surface area contributed by atoms with Gasteiger partial charge in [0.05, 0.1) is 13.1 Å². The minimum Gasteiger partial charge on any atom is -1.00 e. The summed E-state index contributed by atoms with van der Waals surface area (Å²) in [5, 5.41) is 0. The second-order valence-corrected chi connectivity index (χ2v) is 3.12. The Morgan fingerprint density at radius 2 is 2.27 bits per heavy atom. The molecule has 1 atom stereocenters. The molecule has 1 unspecified atom stereocenters. The van der Waals surface area contributed by atoms with Gasteiger partial charge >= 0.3 is 0 Å². The van der Waals surface area contributed by atoms with Gasteiger partial charge in [-0.25, -0.2) is 0 Å². The molecule has 0 aliphatic carbocycles. The maximum atomic E-state index is 10.7. The Kier molecular flexibility index (Phi) is 5.20. The van der Waals surface area contributed by atoms with Crippen molar-refractivity contribution >= 4 is 5.78 Å². The number of halogens is 1. The number of hydrogen-bond donors (Lipinski definition) is 1. The number of carbonyl (C=O) groups is 1. The molecular weight excluding hydrogens is 255 g/mol. The number of ketones is 1. The van der Waals surface area contributed by atoms with Crippen LogP contribution in [0, 0.1) is 0 Å². The highest BCUT2D eigenvalue weighted by Gasteiger charge is 2.20. The zero-order valence-corrected chi connectivity index (χ0v) is 9.22. The van der Waals surface area contributed by atoms with E-state index in [0.717, 1.165) is 19.8 Å². The molecule has 66 valence electrons. The molecule has 4 heteroatoms. The van der Waals surface area contributed by atoms with Crippen molar-refractivity contribution in [1.29, 1.82) is 0 Å². The lowest BCUT2D eigenvalue weighted by molar-refractivity contribution is -0.883. The van der Waals surface area contributed by atoms with Crippen molar-refractivity contribution in [3.05, 3.63) is 0 Å². The molecule has 0 aromatic carbocycles. The molecule has 1 fully saturated rings. The number of rotatable bonds is 2. The van der Waals surface area contributed by atoms with Gasteiger partial charge in [-0.2, -0.15) is 0 Å². The van der Waals surface area contributed by atoms with E-state index in [1.807, 2.05) is 0 Å². The quantitative estimate of drug-likeness (QED) is 0.511. The molecule has 1 aliphatic rings. The van der Waals surface area contributed by atoms with Gasteiger partial charge in [0.2, 0.25) is 0 Å². The first-order chi connectivity index (χ1) is 4.68. The minimum atomic E-state index is 0. The van der Waals surface area contributed by atoms with Crippen LogP contribution >= 0.6 is 0 Å². The SMILES string of the molecule is CC(=O)C[NH+]1CCN(C)C1.[I-]. The largest absolute Gasteiger partial charge is 1.00 e. The van der Waals surface area contributed by atoms with Gasteiger partial charge < -0.3 is 28.9 Å². The Balaban J connectivity index is 0.000001000. The fourth-order valence-corrected chi connectivity index (χ4v) is 1.39. The smallest absolute Gasteiger partial charge is 0.183 e. The fraction of sp³-hybridized carbons (Fsp3) is 0.857. The standard InChI is InChI=1S/C7H14N2O.HI/c1-7(10)5-9-4-3-8(2)6-9;/h3-6H2,1-2H3;1H. The number of Topliss-reactive ketones (excluding diaryl/α,β-unsaturated/α-hetero) is 1. The highest BCUT2D eigenvalue weighted by molar-refractivity contribution is 5.76. The molecule has 0 radical (unpaired) electrons. The van der Waals surface area contributed by atoms with Crippen LogP contribution in [0.1, 0.15) is 6.92 Å². The van der Waals surface area contributed by atoms with Crippen LogP contribution in [0.15, 0.2) is 0 Å². The number of nitrogens with zero attached hydrogens (tertiary/aromatic N) is 1. The van der Waals surface area contributed by atoms with E-state index in [2.05, 4.69) is 11.9 Å². The van der Waals surface area contributed by atoms with Crippen LogP contribution in [0.25, 0.3) is 0 Å². The first-order valence-electron chi connectivity index (χ1n) is 3.70. The van der Waals surface area contributed by atoms with Crippen LogP contribution in [0.3, 0.4) is 0 Å². The molecular formula is C7H15IN2O. The number of likely N-dealkylation sites (N-methyl/N-ethyl adjacent to an activating group) is 1. The number of hydrogen-bond acceptors (Lipinski definition) is 2. The third-order valence-electron chi connectivity index (χ3n) is 1.84. The van der Waals surface area contributed by atoms with Crippen molar-refractivity contribution < 1.29 is 33.7 Å². The first-order valence-corrected chi connectivity index (χ1v) is 3.70. The number of carbonyl (C=O) groups excluding carboxylic acids is 1. The molecule has 0 aromatic rings. The van der Waals surface area contributed by atoms with Crippen molar-refractivity contribution in [1.82, 2.24) is 4.90 Å². The van der Waals surface area contributed by atoms with Crippen LogP contribution < -0.4 is 28.9 Å². The van der Waals surface area contributed by atoms with Gasteiger partial charge in [0.1, 0.15) is 13.2 Å². The average molecular weight is 270 g/mol. The predicted molar refractivity (Wildman–Crippen MR) is 38.9 cm³/mol. The number of quaternary nitrogens is 1. The third-order valence-corrected chi connectivity index (χ3v) is 1.84. The summed E-state index contributed by atoms with van der Waals surface area (Å²) in [4.78, 5) is 14.3. The minimum absolute atomic E-state index is 0. The Morgan fingerprint density at radius 3 is 2.64 bits per heavy atom. The van der Waals surface area contributed by atoms with Crippen LogP contribution in [0.4, 0.5) is 0 Å². The molecule has 0 amide bonds. The molecule has 1 saturated heterocycles. The van der Waals surface area contributed by atoms with E-state index in [-0.39, 0.29) is 24.0 Å². The Hall–Kier alpha value is 0.320. The molecule has 1 N–H and O–H groups in total. The van der Waals surface area contributed by atoms with E-state index < -0.39 is 0 Å². The van der Waals surface area contributed by atoms with Gasteiger partial charge in [0.25, 0.3) is 0 Å². The molecule has 3 nitrogen and oxygen atoms in total. The Morgan fingerprint density at radius 1 is 1.64 bits per heavy atom. The van der Waals surface area contributed by atoms with E-state index in [9.17, 15) is 4.79 Å². The van der Waals surface area contributed by atoms with Crippen molar-refractivity contribution in [2.75, 3.05) is 33.4 Å². The molecule has 11 heavy (non-hydrogen) atoms. The second-order valence-electron chi connectivity index (χ2n) is 3.12. The maximum Gasteiger partial charge on any atom is 0.183 e. The van der Waals surface area contributed by atoms with Crippen molar-refractivity contribution in [2.45, 2.75) is 6.92 Å². The van der Waals surface area contributed by atoms with E-state index in [1.165, 1.54) is 4.90 Å². The summed E-state index contributed by atoms with van der Waals surface area (Å²) in [6.07, 6.45) is 0. The van der Waals surface area contributed by atoms with Crippen LogP contribution in [0.5, 0.6) is 0 Å². The van der Waals surface area contributed by atoms with E-state index >= 15 is 0 Å². The third kappa shape index (κ3) is 4.03. The zero-order chi connectivity index (χ0) is 7.56. The summed E-state index contributed by atoms with van der Waals surface area (Å²) in [6, 6.07) is 0. The monoisotopic (exact) mass is 270 g/mol. The zero-order valence-electron chi connectivity index (χ0n) is 7.06. The topological polar surface area (TPSA) is 24.8 Å².